The molecule has 0 radical (unpaired) electrons. The Bertz CT molecular complexity index is 1180. The Hall–Kier alpha value is -3.24. The van der Waals surface area contributed by atoms with E-state index in [4.69, 9.17) is 14.2 Å². The third-order valence-electron chi connectivity index (χ3n) is 4.27. The molecule has 0 fully saturated rings. The van der Waals surface area contributed by atoms with Crippen molar-refractivity contribution in [1.29, 1.82) is 0 Å². The van der Waals surface area contributed by atoms with Gasteiger partial charge in [0.15, 0.2) is 18.1 Å². The van der Waals surface area contributed by atoms with Crippen LogP contribution in [0.5, 0.6) is 17.2 Å². The van der Waals surface area contributed by atoms with Crippen molar-refractivity contribution in [2.45, 2.75) is 4.90 Å². The molecule has 0 saturated carbocycles. The molecule has 10 heteroatoms. The maximum atomic E-state index is 12.5. The third kappa shape index (κ3) is 6.14. The molecule has 32 heavy (non-hydrogen) atoms. The fraction of sp³-hybridized carbons (Fsp3) is 0.136. The van der Waals surface area contributed by atoms with E-state index < -0.39 is 10.0 Å². The van der Waals surface area contributed by atoms with Crippen LogP contribution >= 0.6 is 15.9 Å². The van der Waals surface area contributed by atoms with Crippen LogP contribution in [0.4, 0.5) is 11.4 Å². The number of halogens is 1. The number of nitrogens with one attached hydrogen (secondary N) is 2. The number of benzene rings is 3. The van der Waals surface area contributed by atoms with E-state index in [1.165, 1.54) is 38.5 Å². The number of carbonyl (C=O) groups excluding carboxylic acids is 1. The standard InChI is InChI=1S/C22H21BrN2O6S/c1-29-20-12-7-17(13-21(20)30-2)24-22(26)14-31-18-8-10-19(11-9-18)32(27,28)25-16-5-3-15(23)4-6-16/h3-13,25H,14H2,1-2H3,(H,24,26). The summed E-state index contributed by atoms with van der Waals surface area (Å²) in [4.78, 5) is 12.2. The number of carbonyl (C=O) groups is 1. The highest BCUT2D eigenvalue weighted by molar-refractivity contribution is 9.10. The van der Waals surface area contributed by atoms with Gasteiger partial charge < -0.3 is 19.5 Å². The summed E-state index contributed by atoms with van der Waals surface area (Å²) in [5.41, 5.74) is 0.970. The van der Waals surface area contributed by atoms with E-state index in [1.807, 2.05) is 0 Å². The van der Waals surface area contributed by atoms with Crippen LogP contribution in [0.25, 0.3) is 0 Å². The molecular formula is C22H21BrN2O6S. The van der Waals surface area contributed by atoms with Crippen molar-refractivity contribution in [2.24, 2.45) is 0 Å². The summed E-state index contributed by atoms with van der Waals surface area (Å²) in [5, 5.41) is 2.70. The minimum atomic E-state index is -3.75. The first kappa shape index (κ1) is 23.4. The van der Waals surface area contributed by atoms with E-state index in [1.54, 1.807) is 42.5 Å². The summed E-state index contributed by atoms with van der Waals surface area (Å²) in [6.07, 6.45) is 0. The summed E-state index contributed by atoms with van der Waals surface area (Å²) in [7, 11) is -0.720. The topological polar surface area (TPSA) is 103 Å². The second kappa shape index (κ2) is 10.4. The Balaban J connectivity index is 1.57. The number of sulfonamides is 1. The lowest BCUT2D eigenvalue weighted by molar-refractivity contribution is -0.118. The highest BCUT2D eigenvalue weighted by atomic mass is 79.9. The molecule has 2 N–H and O–H groups in total. The SMILES string of the molecule is COc1ccc(NC(=O)COc2ccc(S(=O)(=O)Nc3ccc(Br)cc3)cc2)cc1OC. The molecule has 3 aromatic rings. The minimum Gasteiger partial charge on any atom is -0.493 e. The molecule has 0 aromatic heterocycles. The van der Waals surface area contributed by atoms with Crippen molar-refractivity contribution in [3.05, 3.63) is 71.2 Å². The Morgan fingerprint density at radius 2 is 1.50 bits per heavy atom. The van der Waals surface area contributed by atoms with Gasteiger partial charge in [-0.2, -0.15) is 0 Å². The zero-order valence-corrected chi connectivity index (χ0v) is 19.7. The number of hydrogen-bond donors (Lipinski definition) is 2. The molecular weight excluding hydrogens is 500 g/mol. The second-order valence-corrected chi connectivity index (χ2v) is 9.09. The van der Waals surface area contributed by atoms with Crippen LogP contribution in [-0.4, -0.2) is 35.2 Å². The molecule has 3 rings (SSSR count). The van der Waals surface area contributed by atoms with Crippen molar-refractivity contribution in [1.82, 2.24) is 0 Å². The molecule has 8 nitrogen and oxygen atoms in total. The first-order chi connectivity index (χ1) is 15.3. The van der Waals surface area contributed by atoms with Crippen LogP contribution < -0.4 is 24.2 Å². The molecule has 0 bridgehead atoms. The smallest absolute Gasteiger partial charge is 0.262 e. The molecule has 0 spiro atoms. The largest absolute Gasteiger partial charge is 0.493 e. The van der Waals surface area contributed by atoms with Gasteiger partial charge in [-0.05, 0) is 60.7 Å². The summed E-state index contributed by atoms with van der Waals surface area (Å²) < 4.78 is 44.2. The summed E-state index contributed by atoms with van der Waals surface area (Å²) >= 11 is 3.30. The van der Waals surface area contributed by atoms with E-state index in [-0.39, 0.29) is 17.4 Å². The third-order valence-corrected chi connectivity index (χ3v) is 6.19. The number of rotatable bonds is 9. The zero-order valence-electron chi connectivity index (χ0n) is 17.3. The van der Waals surface area contributed by atoms with Gasteiger partial charge in [0, 0.05) is 21.9 Å². The number of ether oxygens (including phenoxy) is 3. The average molecular weight is 521 g/mol. The molecule has 0 aliphatic carbocycles. The fourth-order valence-electron chi connectivity index (χ4n) is 2.71. The quantitative estimate of drug-likeness (QED) is 0.436. The van der Waals surface area contributed by atoms with Crippen LogP contribution in [0.1, 0.15) is 0 Å². The molecule has 0 unspecified atom stereocenters. The predicted octanol–water partition coefficient (Wildman–Crippen LogP) is 4.28. The molecule has 3 aromatic carbocycles. The first-order valence-corrected chi connectivity index (χ1v) is 11.6. The van der Waals surface area contributed by atoms with E-state index >= 15 is 0 Å². The van der Waals surface area contributed by atoms with Gasteiger partial charge in [-0.15, -0.1) is 0 Å². The molecule has 0 saturated heterocycles. The van der Waals surface area contributed by atoms with Crippen LogP contribution in [-0.2, 0) is 14.8 Å². The van der Waals surface area contributed by atoms with Crippen molar-refractivity contribution >= 4 is 43.2 Å². The molecule has 0 aliphatic rings. The highest BCUT2D eigenvalue weighted by Gasteiger charge is 2.14. The number of amides is 1. The normalized spacial score (nSPS) is 10.8. The van der Waals surface area contributed by atoms with E-state index in [9.17, 15) is 13.2 Å². The van der Waals surface area contributed by atoms with Crippen molar-refractivity contribution < 1.29 is 27.4 Å². The van der Waals surface area contributed by atoms with Crippen molar-refractivity contribution in [2.75, 3.05) is 30.9 Å². The van der Waals surface area contributed by atoms with Gasteiger partial charge in [0.05, 0.1) is 19.1 Å². The van der Waals surface area contributed by atoms with Crippen LogP contribution in [0.15, 0.2) is 76.1 Å². The van der Waals surface area contributed by atoms with Crippen LogP contribution in [0.2, 0.25) is 0 Å². The maximum absolute atomic E-state index is 12.5. The first-order valence-electron chi connectivity index (χ1n) is 9.34. The molecule has 168 valence electrons. The number of anilines is 2. The second-order valence-electron chi connectivity index (χ2n) is 6.49. The monoisotopic (exact) mass is 520 g/mol. The molecule has 1 amide bonds. The van der Waals surface area contributed by atoms with Crippen LogP contribution in [0.3, 0.4) is 0 Å². The fourth-order valence-corrected chi connectivity index (χ4v) is 4.03. The van der Waals surface area contributed by atoms with Gasteiger partial charge in [-0.25, -0.2) is 8.42 Å². The Labute approximate surface area is 194 Å². The van der Waals surface area contributed by atoms with Gasteiger partial charge in [0.2, 0.25) is 0 Å². The zero-order chi connectivity index (χ0) is 23.1. The summed E-state index contributed by atoms with van der Waals surface area (Å²) in [6.45, 7) is -0.252. The maximum Gasteiger partial charge on any atom is 0.262 e. The van der Waals surface area contributed by atoms with Gasteiger partial charge >= 0.3 is 0 Å². The highest BCUT2D eigenvalue weighted by Crippen LogP contribution is 2.29. The lowest BCUT2D eigenvalue weighted by atomic mass is 10.2. The lowest BCUT2D eigenvalue weighted by Crippen LogP contribution is -2.20. The predicted molar refractivity (Wildman–Crippen MR) is 125 cm³/mol. The number of hydrogen-bond acceptors (Lipinski definition) is 6. The van der Waals surface area contributed by atoms with Gasteiger partial charge in [0.25, 0.3) is 15.9 Å². The molecule has 0 aliphatic heterocycles. The lowest BCUT2D eigenvalue weighted by Gasteiger charge is -2.11. The van der Waals surface area contributed by atoms with Crippen LogP contribution in [0, 0.1) is 0 Å². The van der Waals surface area contributed by atoms with Gasteiger partial charge in [-0.1, -0.05) is 15.9 Å². The molecule has 0 atom stereocenters. The summed E-state index contributed by atoms with van der Waals surface area (Å²) in [5.74, 6) is 1.01. The Morgan fingerprint density at radius 1 is 0.875 bits per heavy atom. The van der Waals surface area contributed by atoms with E-state index in [2.05, 4.69) is 26.0 Å². The Kier molecular flexibility index (Phi) is 7.60. The van der Waals surface area contributed by atoms with Gasteiger partial charge in [0.1, 0.15) is 5.75 Å². The van der Waals surface area contributed by atoms with E-state index in [0.29, 0.717) is 28.6 Å². The molecule has 0 heterocycles. The van der Waals surface area contributed by atoms with E-state index in [0.717, 1.165) is 4.47 Å². The van der Waals surface area contributed by atoms with Crippen molar-refractivity contribution in [3.63, 3.8) is 0 Å². The minimum absolute atomic E-state index is 0.0718. The van der Waals surface area contributed by atoms with Gasteiger partial charge in [-0.3, -0.25) is 9.52 Å². The van der Waals surface area contributed by atoms with Crippen molar-refractivity contribution in [3.8, 4) is 17.2 Å². The summed E-state index contributed by atoms with van der Waals surface area (Å²) in [6, 6.07) is 17.5. The Morgan fingerprint density at radius 3 is 2.12 bits per heavy atom. The number of methoxy groups -OCH3 is 2. The average Bonchev–Trinajstić information content (AvgIpc) is 2.79.